The Kier molecular flexibility index (Phi) is 8.86. The summed E-state index contributed by atoms with van der Waals surface area (Å²) in [5.41, 5.74) is 5.85. The average molecular weight is 619 g/mol. The van der Waals surface area contributed by atoms with Crippen molar-refractivity contribution in [2.24, 2.45) is 11.3 Å². The van der Waals surface area contributed by atoms with E-state index in [1.165, 1.54) is 5.56 Å². The van der Waals surface area contributed by atoms with Crippen LogP contribution in [0.5, 0.6) is 0 Å². The minimum Gasteiger partial charge on any atom is -0.447 e. The van der Waals surface area contributed by atoms with Gasteiger partial charge in [-0.1, -0.05) is 44.5 Å². The summed E-state index contributed by atoms with van der Waals surface area (Å²) in [6, 6.07) is 13.9. The van der Waals surface area contributed by atoms with Crippen LogP contribution < -0.4 is 10.2 Å². The Morgan fingerprint density at radius 3 is 2.55 bits per heavy atom. The fourth-order valence-corrected chi connectivity index (χ4v) is 7.22. The number of likely N-dealkylation sites (tertiary alicyclic amines) is 1. The number of halogens is 1. The number of anilines is 1. The van der Waals surface area contributed by atoms with Crippen molar-refractivity contribution in [1.29, 1.82) is 0 Å². The Morgan fingerprint density at radius 1 is 1.11 bits per heavy atom. The molecule has 3 aromatic rings. The number of fused-ring (bicyclic) bond motifs is 2. The Bertz CT molecular complexity index is 1530. The first-order chi connectivity index (χ1) is 21.1. The predicted octanol–water partition coefficient (Wildman–Crippen LogP) is 6.31. The van der Waals surface area contributed by atoms with E-state index in [-0.39, 0.29) is 29.6 Å². The second-order valence-corrected chi connectivity index (χ2v) is 14.0. The molecule has 234 valence electrons. The lowest BCUT2D eigenvalue weighted by Gasteiger charge is -2.36. The summed E-state index contributed by atoms with van der Waals surface area (Å²) in [5.74, 6) is 0.440. The van der Waals surface area contributed by atoms with Crippen LogP contribution in [0.3, 0.4) is 0 Å². The number of rotatable bonds is 7. The SMILES string of the molecule is CC(C)(C)[C@H]1CCc2nc3c(Cl)cc(C(=O)NCC[C@H](c4ccc(N5CCOC5=O)cc4)N4CCC(O)CC4)cc3cc2C1. The van der Waals surface area contributed by atoms with Crippen molar-refractivity contribution in [3.8, 4) is 0 Å². The van der Waals surface area contributed by atoms with Crippen molar-refractivity contribution in [1.82, 2.24) is 15.2 Å². The van der Waals surface area contributed by atoms with E-state index in [4.69, 9.17) is 21.3 Å². The molecule has 2 aliphatic heterocycles. The van der Waals surface area contributed by atoms with E-state index in [1.807, 2.05) is 18.2 Å². The second-order valence-electron chi connectivity index (χ2n) is 13.6. The highest BCUT2D eigenvalue weighted by atomic mass is 35.5. The van der Waals surface area contributed by atoms with E-state index in [0.717, 1.165) is 73.0 Å². The molecule has 9 heteroatoms. The number of aliphatic hydroxyl groups excluding tert-OH is 1. The monoisotopic (exact) mass is 618 g/mol. The topological polar surface area (TPSA) is 95.0 Å². The number of nitrogens with zero attached hydrogens (tertiary/aromatic N) is 3. The molecule has 3 heterocycles. The Labute approximate surface area is 264 Å². The van der Waals surface area contributed by atoms with E-state index >= 15 is 0 Å². The van der Waals surface area contributed by atoms with Gasteiger partial charge in [-0.15, -0.1) is 0 Å². The van der Waals surface area contributed by atoms with Crippen LogP contribution >= 0.6 is 11.6 Å². The quantitative estimate of drug-likeness (QED) is 0.322. The molecule has 3 aliphatic rings. The Balaban J connectivity index is 1.16. The number of hydrogen-bond acceptors (Lipinski definition) is 6. The van der Waals surface area contributed by atoms with Crippen molar-refractivity contribution in [2.75, 3.05) is 37.7 Å². The number of aryl methyl sites for hydroxylation is 1. The molecule has 0 bridgehead atoms. The zero-order valence-corrected chi connectivity index (χ0v) is 26.7. The first-order valence-corrected chi connectivity index (χ1v) is 16.3. The second kappa shape index (κ2) is 12.7. The van der Waals surface area contributed by atoms with Crippen LogP contribution in [0.25, 0.3) is 10.9 Å². The third-order valence-electron chi connectivity index (χ3n) is 9.72. The number of aliphatic hydroxyl groups is 1. The van der Waals surface area contributed by atoms with Gasteiger partial charge in [-0.2, -0.15) is 0 Å². The molecule has 0 spiro atoms. The summed E-state index contributed by atoms with van der Waals surface area (Å²) >= 11 is 6.69. The van der Waals surface area contributed by atoms with Crippen molar-refractivity contribution in [3.05, 3.63) is 69.9 Å². The summed E-state index contributed by atoms with van der Waals surface area (Å²) in [7, 11) is 0. The smallest absolute Gasteiger partial charge is 0.414 e. The third kappa shape index (κ3) is 6.58. The number of benzene rings is 2. The first kappa shape index (κ1) is 30.8. The number of cyclic esters (lactones) is 1. The van der Waals surface area contributed by atoms with Gasteiger partial charge in [-0.3, -0.25) is 19.6 Å². The molecule has 0 saturated carbocycles. The fourth-order valence-electron chi connectivity index (χ4n) is 6.95. The van der Waals surface area contributed by atoms with E-state index in [2.05, 4.69) is 49.2 Å². The predicted molar refractivity (Wildman–Crippen MR) is 173 cm³/mol. The highest BCUT2D eigenvalue weighted by Crippen LogP contribution is 2.38. The number of piperidine rings is 1. The maximum absolute atomic E-state index is 13.4. The molecule has 1 aromatic heterocycles. The molecular weight excluding hydrogens is 576 g/mol. The number of carbonyl (C=O) groups excluding carboxylic acids is 2. The van der Waals surface area contributed by atoms with Gasteiger partial charge in [-0.05, 0) is 91.3 Å². The summed E-state index contributed by atoms with van der Waals surface area (Å²) in [4.78, 5) is 34.4. The molecule has 2 saturated heterocycles. The molecule has 2 atom stereocenters. The molecule has 0 unspecified atom stereocenters. The molecule has 8 nitrogen and oxygen atoms in total. The summed E-state index contributed by atoms with van der Waals surface area (Å²) < 4.78 is 5.09. The molecule has 0 radical (unpaired) electrons. The lowest BCUT2D eigenvalue weighted by Crippen LogP contribution is -2.40. The van der Waals surface area contributed by atoms with Gasteiger partial charge in [0.2, 0.25) is 0 Å². The van der Waals surface area contributed by atoms with Crippen LogP contribution in [-0.4, -0.2) is 65.9 Å². The van der Waals surface area contributed by atoms with Gasteiger partial charge < -0.3 is 15.2 Å². The number of aromatic nitrogens is 1. The maximum Gasteiger partial charge on any atom is 0.414 e. The molecule has 2 N–H and O–H groups in total. The lowest BCUT2D eigenvalue weighted by atomic mass is 9.71. The molecule has 44 heavy (non-hydrogen) atoms. The molecule has 1 aliphatic carbocycles. The highest BCUT2D eigenvalue weighted by Gasteiger charge is 2.30. The van der Waals surface area contributed by atoms with E-state index in [9.17, 15) is 14.7 Å². The normalized spacial score (nSPS) is 20.4. The number of ether oxygens (including phenoxy) is 1. The van der Waals surface area contributed by atoms with Crippen molar-refractivity contribution >= 4 is 40.2 Å². The summed E-state index contributed by atoms with van der Waals surface area (Å²) in [6.07, 6.45) is 4.65. The average Bonchev–Trinajstić information content (AvgIpc) is 3.44. The lowest BCUT2D eigenvalue weighted by molar-refractivity contribution is 0.0579. The van der Waals surface area contributed by atoms with Gasteiger partial charge in [-0.25, -0.2) is 4.79 Å². The summed E-state index contributed by atoms with van der Waals surface area (Å²) in [6.45, 7) is 9.91. The zero-order chi connectivity index (χ0) is 31.0. The van der Waals surface area contributed by atoms with Gasteiger partial charge in [0.05, 0.1) is 23.2 Å². The van der Waals surface area contributed by atoms with Gasteiger partial charge in [0.25, 0.3) is 5.91 Å². The van der Waals surface area contributed by atoms with E-state index < -0.39 is 0 Å². The zero-order valence-electron chi connectivity index (χ0n) is 25.9. The van der Waals surface area contributed by atoms with Crippen LogP contribution in [0.2, 0.25) is 5.02 Å². The standard InChI is InChI=1S/C35H43ClN4O4/c1-35(2,3)26-6-9-30-23(20-26)18-24-19-25(21-29(36)32(24)38-30)33(42)37-13-10-31(39-14-11-28(41)12-15-39)22-4-7-27(8-5-22)40-16-17-44-34(40)43/h4-5,7-8,18-19,21,26,28,31,41H,6,9-17,20H2,1-3H3,(H,37,42)/t26-,31+/m0/s1. The summed E-state index contributed by atoms with van der Waals surface area (Å²) in [5, 5.41) is 14.6. The number of nitrogens with one attached hydrogen (secondary N) is 1. The van der Waals surface area contributed by atoms with Crippen molar-refractivity contribution in [3.63, 3.8) is 0 Å². The molecule has 2 fully saturated rings. The molecule has 2 amide bonds. The van der Waals surface area contributed by atoms with Crippen LogP contribution in [0.15, 0.2) is 42.5 Å². The van der Waals surface area contributed by atoms with E-state index in [0.29, 0.717) is 42.6 Å². The largest absolute Gasteiger partial charge is 0.447 e. The Morgan fingerprint density at radius 2 is 1.86 bits per heavy atom. The maximum atomic E-state index is 13.4. The minimum absolute atomic E-state index is 0.0639. The molecular formula is C35H43ClN4O4. The number of hydrogen-bond donors (Lipinski definition) is 2. The van der Waals surface area contributed by atoms with Crippen molar-refractivity contribution < 1.29 is 19.4 Å². The number of amides is 2. The van der Waals surface area contributed by atoms with Crippen molar-refractivity contribution in [2.45, 2.75) is 71.4 Å². The van der Waals surface area contributed by atoms with Crippen LogP contribution in [0.4, 0.5) is 10.5 Å². The number of carbonyl (C=O) groups is 2. The first-order valence-electron chi connectivity index (χ1n) is 15.9. The Hall–Kier alpha value is -3.20. The van der Waals surface area contributed by atoms with Gasteiger partial charge in [0.15, 0.2) is 0 Å². The van der Waals surface area contributed by atoms with Gasteiger partial charge >= 0.3 is 6.09 Å². The number of pyridine rings is 1. The minimum atomic E-state index is -0.319. The van der Waals surface area contributed by atoms with Gasteiger partial charge in [0, 0.05) is 48.0 Å². The fraction of sp³-hybridized carbons (Fsp3) is 0.514. The molecule has 2 aromatic carbocycles. The highest BCUT2D eigenvalue weighted by molar-refractivity contribution is 6.35. The van der Waals surface area contributed by atoms with Crippen LogP contribution in [0.1, 0.15) is 79.7 Å². The van der Waals surface area contributed by atoms with Crippen LogP contribution in [0, 0.1) is 11.3 Å². The van der Waals surface area contributed by atoms with Crippen LogP contribution in [-0.2, 0) is 17.6 Å². The van der Waals surface area contributed by atoms with Gasteiger partial charge in [0.1, 0.15) is 6.61 Å². The third-order valence-corrected chi connectivity index (χ3v) is 10.0. The molecule has 6 rings (SSSR count). The van der Waals surface area contributed by atoms with E-state index in [1.54, 1.807) is 11.0 Å².